The summed E-state index contributed by atoms with van der Waals surface area (Å²) in [6.45, 7) is 0. The van der Waals surface area contributed by atoms with Gasteiger partial charge in [0.1, 0.15) is 34.3 Å². The number of hydrogen-bond acceptors (Lipinski definition) is 6. The van der Waals surface area contributed by atoms with Crippen LogP contribution in [0.15, 0.2) is 109 Å². The topological polar surface area (TPSA) is 77.1 Å². The van der Waals surface area contributed by atoms with Crippen LogP contribution >= 0.6 is 12.2 Å². The predicted octanol–water partition coefficient (Wildman–Crippen LogP) is 6.11. The Kier molecular flexibility index (Phi) is 7.15. The van der Waals surface area contributed by atoms with Crippen molar-refractivity contribution in [2.24, 2.45) is 0 Å². The number of carbonyl (C=O) groups is 2. The number of anilines is 1. The van der Waals surface area contributed by atoms with Crippen LogP contribution in [0.4, 0.5) is 5.69 Å². The van der Waals surface area contributed by atoms with Crippen molar-refractivity contribution in [3.8, 4) is 28.7 Å². The minimum atomic E-state index is -0.568. The second-order valence-electron chi connectivity index (χ2n) is 8.22. The average Bonchev–Trinajstić information content (AvgIpc) is 2.93. The maximum Gasteiger partial charge on any atom is 0.270 e. The first-order valence-corrected chi connectivity index (χ1v) is 12.1. The molecule has 1 aliphatic heterocycles. The quantitative estimate of drug-likeness (QED) is 0.179. The minimum absolute atomic E-state index is 0.00506. The Hall–Kier alpha value is -4.95. The normalized spacial score (nSPS) is 14.3. The van der Waals surface area contributed by atoms with Crippen molar-refractivity contribution in [1.82, 2.24) is 5.32 Å². The van der Waals surface area contributed by atoms with Gasteiger partial charge >= 0.3 is 0 Å². The highest BCUT2D eigenvalue weighted by Crippen LogP contribution is 2.28. The Morgan fingerprint density at radius 3 is 1.97 bits per heavy atom. The van der Waals surface area contributed by atoms with Gasteiger partial charge in [-0.25, -0.2) is 0 Å². The fourth-order valence-corrected chi connectivity index (χ4v) is 4.08. The predicted molar refractivity (Wildman–Crippen MR) is 149 cm³/mol. The molecular weight excluding hydrogens is 500 g/mol. The molecule has 1 aliphatic rings. The molecular formula is C30H22N2O5S. The largest absolute Gasteiger partial charge is 0.497 e. The van der Waals surface area contributed by atoms with Crippen LogP contribution in [0.5, 0.6) is 28.7 Å². The molecule has 5 rings (SSSR count). The van der Waals surface area contributed by atoms with Gasteiger partial charge < -0.3 is 14.2 Å². The molecule has 2 amide bonds. The second-order valence-corrected chi connectivity index (χ2v) is 8.60. The number of carbonyl (C=O) groups excluding carboxylic acids is 2. The molecule has 7 nitrogen and oxygen atoms in total. The average molecular weight is 523 g/mol. The van der Waals surface area contributed by atoms with Crippen LogP contribution in [0.25, 0.3) is 6.08 Å². The van der Waals surface area contributed by atoms with Crippen LogP contribution in [-0.4, -0.2) is 24.0 Å². The summed E-state index contributed by atoms with van der Waals surface area (Å²) in [5.74, 6) is 2.09. The number of benzene rings is 4. The molecule has 0 saturated carbocycles. The summed E-state index contributed by atoms with van der Waals surface area (Å²) < 4.78 is 16.9. The molecule has 4 aromatic carbocycles. The number of para-hydroxylation sites is 1. The van der Waals surface area contributed by atoms with Crippen molar-refractivity contribution in [2.75, 3.05) is 12.0 Å². The number of amides is 2. The van der Waals surface area contributed by atoms with Crippen LogP contribution in [0, 0.1) is 0 Å². The van der Waals surface area contributed by atoms with Gasteiger partial charge in [0.25, 0.3) is 11.8 Å². The maximum atomic E-state index is 13.4. The molecule has 0 spiro atoms. The molecule has 0 atom stereocenters. The highest BCUT2D eigenvalue weighted by Gasteiger charge is 2.34. The molecule has 0 unspecified atom stereocenters. The zero-order chi connectivity index (χ0) is 26.5. The van der Waals surface area contributed by atoms with Gasteiger partial charge in [0.15, 0.2) is 5.11 Å². The molecule has 4 aromatic rings. The third-order valence-corrected chi connectivity index (χ3v) is 5.92. The molecule has 8 heteroatoms. The van der Waals surface area contributed by atoms with Gasteiger partial charge in [0.05, 0.1) is 12.8 Å². The Morgan fingerprint density at radius 1 is 0.711 bits per heavy atom. The second kappa shape index (κ2) is 11.0. The van der Waals surface area contributed by atoms with Crippen molar-refractivity contribution < 1.29 is 23.8 Å². The van der Waals surface area contributed by atoms with Crippen molar-refractivity contribution in [2.45, 2.75) is 0 Å². The highest BCUT2D eigenvalue weighted by molar-refractivity contribution is 7.80. The van der Waals surface area contributed by atoms with E-state index in [1.165, 1.54) is 11.0 Å². The first-order valence-electron chi connectivity index (χ1n) is 11.7. The molecule has 0 radical (unpaired) electrons. The SMILES string of the molecule is COc1ccc(Oc2cccc(/C=C3\C(=O)NC(=S)N(c4ccc(Oc5ccccc5)cc4)C3=O)c2)cc1. The summed E-state index contributed by atoms with van der Waals surface area (Å²) in [6, 6.07) is 30.5. The third kappa shape index (κ3) is 5.55. The lowest BCUT2D eigenvalue weighted by Gasteiger charge is -2.29. The van der Waals surface area contributed by atoms with Gasteiger partial charge in [-0.2, -0.15) is 0 Å². The van der Waals surface area contributed by atoms with E-state index in [0.717, 1.165) is 5.75 Å². The molecule has 1 heterocycles. The highest BCUT2D eigenvalue weighted by atomic mass is 32.1. The molecule has 0 aliphatic carbocycles. The Morgan fingerprint density at radius 2 is 1.29 bits per heavy atom. The number of nitrogens with zero attached hydrogens (tertiary/aromatic N) is 1. The van der Waals surface area contributed by atoms with E-state index in [-0.39, 0.29) is 10.7 Å². The Bertz CT molecular complexity index is 1520. The molecule has 1 N–H and O–H groups in total. The van der Waals surface area contributed by atoms with Gasteiger partial charge in [-0.15, -0.1) is 0 Å². The number of nitrogens with one attached hydrogen (secondary N) is 1. The van der Waals surface area contributed by atoms with E-state index >= 15 is 0 Å². The lowest BCUT2D eigenvalue weighted by Crippen LogP contribution is -2.54. The summed E-state index contributed by atoms with van der Waals surface area (Å²) in [5, 5.41) is 2.61. The van der Waals surface area contributed by atoms with E-state index in [1.54, 1.807) is 79.9 Å². The first kappa shape index (κ1) is 24.7. The van der Waals surface area contributed by atoms with E-state index in [0.29, 0.717) is 34.2 Å². The molecule has 38 heavy (non-hydrogen) atoms. The van der Waals surface area contributed by atoms with Crippen LogP contribution in [0.3, 0.4) is 0 Å². The van der Waals surface area contributed by atoms with Crippen LogP contribution in [0.1, 0.15) is 5.56 Å². The number of methoxy groups -OCH3 is 1. The summed E-state index contributed by atoms with van der Waals surface area (Å²) in [5.41, 5.74) is 1.07. The first-order chi connectivity index (χ1) is 18.5. The smallest absolute Gasteiger partial charge is 0.270 e. The van der Waals surface area contributed by atoms with Gasteiger partial charge in [0.2, 0.25) is 0 Å². The number of rotatable bonds is 7. The van der Waals surface area contributed by atoms with E-state index in [1.807, 2.05) is 30.3 Å². The van der Waals surface area contributed by atoms with Gasteiger partial charge in [-0.3, -0.25) is 19.8 Å². The van der Waals surface area contributed by atoms with Crippen molar-refractivity contribution >= 4 is 40.9 Å². The fourth-order valence-electron chi connectivity index (χ4n) is 3.79. The van der Waals surface area contributed by atoms with Crippen LogP contribution < -0.4 is 24.4 Å². The molecule has 1 saturated heterocycles. The summed E-state index contributed by atoms with van der Waals surface area (Å²) in [6.07, 6.45) is 1.51. The zero-order valence-corrected chi connectivity index (χ0v) is 21.1. The molecule has 0 aromatic heterocycles. The van der Waals surface area contributed by atoms with E-state index in [4.69, 9.17) is 26.4 Å². The van der Waals surface area contributed by atoms with Crippen LogP contribution in [-0.2, 0) is 9.59 Å². The monoisotopic (exact) mass is 522 g/mol. The number of thiocarbonyl (C=S) groups is 1. The van der Waals surface area contributed by atoms with Crippen molar-refractivity contribution in [1.29, 1.82) is 0 Å². The van der Waals surface area contributed by atoms with Gasteiger partial charge in [0, 0.05) is 0 Å². The number of ether oxygens (including phenoxy) is 3. The Balaban J connectivity index is 1.36. The summed E-state index contributed by atoms with van der Waals surface area (Å²) >= 11 is 5.32. The fraction of sp³-hybridized carbons (Fsp3) is 0.0333. The van der Waals surface area contributed by atoms with Gasteiger partial charge in [-0.05, 0) is 96.7 Å². The Labute approximate surface area is 224 Å². The lowest BCUT2D eigenvalue weighted by molar-refractivity contribution is -0.122. The molecule has 0 bridgehead atoms. The van der Waals surface area contributed by atoms with E-state index < -0.39 is 11.8 Å². The number of hydrogen-bond donors (Lipinski definition) is 1. The third-order valence-electron chi connectivity index (χ3n) is 5.64. The summed E-state index contributed by atoms with van der Waals surface area (Å²) in [7, 11) is 1.60. The molecule has 188 valence electrons. The zero-order valence-electron chi connectivity index (χ0n) is 20.3. The van der Waals surface area contributed by atoms with Crippen molar-refractivity contribution in [3.05, 3.63) is 114 Å². The van der Waals surface area contributed by atoms with E-state index in [2.05, 4.69) is 5.32 Å². The van der Waals surface area contributed by atoms with Crippen molar-refractivity contribution in [3.63, 3.8) is 0 Å². The molecule has 1 fully saturated rings. The minimum Gasteiger partial charge on any atom is -0.497 e. The summed E-state index contributed by atoms with van der Waals surface area (Å²) in [4.78, 5) is 27.4. The maximum absolute atomic E-state index is 13.4. The van der Waals surface area contributed by atoms with Gasteiger partial charge in [-0.1, -0.05) is 30.3 Å². The van der Waals surface area contributed by atoms with E-state index in [9.17, 15) is 9.59 Å². The van der Waals surface area contributed by atoms with Crippen LogP contribution in [0.2, 0.25) is 0 Å². The lowest BCUT2D eigenvalue weighted by atomic mass is 10.1. The standard InChI is InChI=1S/C30H22N2O5S/c1-35-22-14-16-25(17-15-22)37-26-9-5-6-20(18-26)19-27-28(33)31-30(38)32(29(27)34)21-10-12-24(13-11-21)36-23-7-3-2-4-8-23/h2-19H,1H3,(H,31,33,38)/b27-19+.